The summed E-state index contributed by atoms with van der Waals surface area (Å²) in [6, 6.07) is 3.35. The highest BCUT2D eigenvalue weighted by Gasteiger charge is 2.19. The topological polar surface area (TPSA) is 44.4 Å². The van der Waals surface area contributed by atoms with Crippen LogP contribution in [0.3, 0.4) is 0 Å². The highest BCUT2D eigenvalue weighted by molar-refractivity contribution is 5.92. The number of rotatable bonds is 4. The zero-order valence-electron chi connectivity index (χ0n) is 12.2. The molecule has 1 amide bonds. The van der Waals surface area contributed by atoms with Gasteiger partial charge in [0.15, 0.2) is 0 Å². The molecule has 2 N–H and O–H groups in total. The Kier molecular flexibility index (Phi) is 5.64. The lowest BCUT2D eigenvalue weighted by Gasteiger charge is -2.26. The van der Waals surface area contributed by atoms with Gasteiger partial charge in [0.25, 0.3) is 0 Å². The summed E-state index contributed by atoms with van der Waals surface area (Å²) in [5, 5.41) is 5.86. The van der Waals surface area contributed by atoms with Crippen molar-refractivity contribution in [3.8, 4) is 0 Å². The van der Waals surface area contributed by atoms with Crippen LogP contribution >= 0.6 is 0 Å². The van der Waals surface area contributed by atoms with Crippen molar-refractivity contribution in [3.05, 3.63) is 29.8 Å². The van der Waals surface area contributed by atoms with Crippen molar-refractivity contribution in [2.75, 3.05) is 32.0 Å². The summed E-state index contributed by atoms with van der Waals surface area (Å²) < 4.78 is 26.1. The number of likely N-dealkylation sites (N-methyl/N-ethyl adjacent to an activating group) is 1. The number of benzene rings is 1. The van der Waals surface area contributed by atoms with Crippen LogP contribution in [0.1, 0.15) is 19.3 Å². The largest absolute Gasteiger partial charge is 0.325 e. The van der Waals surface area contributed by atoms with Gasteiger partial charge in [0.1, 0.15) is 11.6 Å². The number of nitrogens with zero attached hydrogens (tertiary/aromatic N) is 1. The molecule has 0 aliphatic carbocycles. The number of nitrogens with one attached hydrogen (secondary N) is 2. The van der Waals surface area contributed by atoms with E-state index in [4.69, 9.17) is 0 Å². The molecule has 0 radical (unpaired) electrons. The molecule has 1 aliphatic rings. The first kappa shape index (κ1) is 15.9. The standard InChI is InChI=1S/C15H21F2N3O/c1-20(14-3-2-5-18-6-4-14)10-15(21)19-13-8-11(16)7-12(17)9-13/h7-9,14,18H,2-6,10H2,1H3,(H,19,21). The van der Waals surface area contributed by atoms with E-state index >= 15 is 0 Å². The summed E-state index contributed by atoms with van der Waals surface area (Å²) in [7, 11) is 1.90. The Labute approximate surface area is 123 Å². The van der Waals surface area contributed by atoms with Crippen molar-refractivity contribution < 1.29 is 13.6 Å². The Morgan fingerprint density at radius 3 is 2.71 bits per heavy atom. The third kappa shape index (κ3) is 5.06. The quantitative estimate of drug-likeness (QED) is 0.893. The molecule has 0 aromatic heterocycles. The van der Waals surface area contributed by atoms with E-state index in [9.17, 15) is 13.6 Å². The van der Waals surface area contributed by atoms with Gasteiger partial charge in [-0.05, 0) is 51.5 Å². The molecule has 4 nitrogen and oxygen atoms in total. The second-order valence-corrected chi connectivity index (χ2v) is 5.46. The Morgan fingerprint density at radius 1 is 1.29 bits per heavy atom. The van der Waals surface area contributed by atoms with Gasteiger partial charge in [0, 0.05) is 17.8 Å². The van der Waals surface area contributed by atoms with Crippen LogP contribution in [0.5, 0.6) is 0 Å². The first-order valence-electron chi connectivity index (χ1n) is 7.21. The Balaban J connectivity index is 1.88. The van der Waals surface area contributed by atoms with Gasteiger partial charge in [-0.1, -0.05) is 0 Å². The van der Waals surface area contributed by atoms with Gasteiger partial charge >= 0.3 is 0 Å². The van der Waals surface area contributed by atoms with Crippen molar-refractivity contribution in [1.82, 2.24) is 10.2 Å². The average Bonchev–Trinajstić information content (AvgIpc) is 2.65. The first-order chi connectivity index (χ1) is 10.0. The molecule has 1 unspecified atom stereocenters. The molecule has 1 aliphatic heterocycles. The number of anilines is 1. The van der Waals surface area contributed by atoms with Gasteiger partial charge in [0.05, 0.1) is 6.54 Å². The molecular weight excluding hydrogens is 276 g/mol. The second kappa shape index (κ2) is 7.47. The number of halogens is 2. The second-order valence-electron chi connectivity index (χ2n) is 5.46. The lowest BCUT2D eigenvalue weighted by atomic mass is 10.1. The summed E-state index contributed by atoms with van der Waals surface area (Å²) in [5.74, 6) is -1.67. The highest BCUT2D eigenvalue weighted by atomic mass is 19.1. The maximum Gasteiger partial charge on any atom is 0.238 e. The molecule has 1 aromatic carbocycles. The van der Waals surface area contributed by atoms with Crippen molar-refractivity contribution in [3.63, 3.8) is 0 Å². The normalized spacial score (nSPS) is 19.3. The minimum Gasteiger partial charge on any atom is -0.325 e. The predicted molar refractivity (Wildman–Crippen MR) is 78.1 cm³/mol. The lowest BCUT2D eigenvalue weighted by molar-refractivity contribution is -0.117. The fourth-order valence-corrected chi connectivity index (χ4v) is 2.62. The average molecular weight is 297 g/mol. The van der Waals surface area contributed by atoms with Crippen molar-refractivity contribution in [1.29, 1.82) is 0 Å². The molecule has 21 heavy (non-hydrogen) atoms. The number of amides is 1. The summed E-state index contributed by atoms with van der Waals surface area (Å²) in [6.07, 6.45) is 3.13. The number of carbonyl (C=O) groups is 1. The molecule has 1 heterocycles. The van der Waals surface area contributed by atoms with Crippen LogP contribution in [0, 0.1) is 11.6 Å². The van der Waals surface area contributed by atoms with Crippen LogP contribution in [0.25, 0.3) is 0 Å². The van der Waals surface area contributed by atoms with Crippen molar-refractivity contribution >= 4 is 11.6 Å². The van der Waals surface area contributed by atoms with Crippen LogP contribution < -0.4 is 10.6 Å². The molecule has 0 spiro atoms. The first-order valence-corrected chi connectivity index (χ1v) is 7.21. The van der Waals surface area contributed by atoms with Crippen molar-refractivity contribution in [2.24, 2.45) is 0 Å². The molecule has 1 aromatic rings. The number of hydrogen-bond donors (Lipinski definition) is 2. The van der Waals surface area contributed by atoms with E-state index < -0.39 is 11.6 Å². The predicted octanol–water partition coefficient (Wildman–Crippen LogP) is 1.98. The smallest absolute Gasteiger partial charge is 0.238 e. The fourth-order valence-electron chi connectivity index (χ4n) is 2.62. The van der Waals surface area contributed by atoms with E-state index in [2.05, 4.69) is 10.6 Å². The zero-order valence-corrected chi connectivity index (χ0v) is 12.2. The lowest BCUT2D eigenvalue weighted by Crippen LogP contribution is -2.38. The van der Waals surface area contributed by atoms with E-state index in [1.165, 1.54) is 0 Å². The van der Waals surface area contributed by atoms with Gasteiger partial charge in [-0.25, -0.2) is 8.78 Å². The third-order valence-corrected chi connectivity index (χ3v) is 3.71. The molecule has 0 bridgehead atoms. The molecule has 1 saturated heterocycles. The van der Waals surface area contributed by atoms with Gasteiger partial charge < -0.3 is 10.6 Å². The van der Waals surface area contributed by atoms with Crippen LogP contribution in [0.15, 0.2) is 18.2 Å². The van der Waals surface area contributed by atoms with E-state index in [0.29, 0.717) is 6.04 Å². The monoisotopic (exact) mass is 297 g/mol. The van der Waals surface area contributed by atoms with E-state index in [0.717, 1.165) is 50.6 Å². The third-order valence-electron chi connectivity index (χ3n) is 3.71. The molecule has 2 rings (SSSR count). The number of hydrogen-bond acceptors (Lipinski definition) is 3. The van der Waals surface area contributed by atoms with Crippen LogP contribution in [-0.2, 0) is 4.79 Å². The summed E-state index contributed by atoms with van der Waals surface area (Å²) in [6.45, 7) is 2.17. The molecule has 6 heteroatoms. The van der Waals surface area contributed by atoms with Crippen LogP contribution in [0.4, 0.5) is 14.5 Å². The minimum atomic E-state index is -0.700. The number of carbonyl (C=O) groups excluding carboxylic acids is 1. The van der Waals surface area contributed by atoms with Crippen LogP contribution in [0.2, 0.25) is 0 Å². The van der Waals surface area contributed by atoms with E-state index in [-0.39, 0.29) is 18.1 Å². The van der Waals surface area contributed by atoms with Crippen LogP contribution in [-0.4, -0.2) is 43.5 Å². The molecular formula is C15H21F2N3O. The zero-order chi connectivity index (χ0) is 15.2. The van der Waals surface area contributed by atoms with E-state index in [1.54, 1.807) is 0 Å². The Bertz CT molecular complexity index is 468. The van der Waals surface area contributed by atoms with Gasteiger partial charge in [0.2, 0.25) is 5.91 Å². The SMILES string of the molecule is CN(CC(=O)Nc1cc(F)cc(F)c1)C1CCCNCC1. The van der Waals surface area contributed by atoms with Gasteiger partial charge in [-0.15, -0.1) is 0 Å². The summed E-state index contributed by atoms with van der Waals surface area (Å²) in [5.41, 5.74) is 0.147. The fraction of sp³-hybridized carbons (Fsp3) is 0.533. The van der Waals surface area contributed by atoms with E-state index in [1.807, 2.05) is 11.9 Å². The highest BCUT2D eigenvalue weighted by Crippen LogP contribution is 2.14. The molecule has 116 valence electrons. The molecule has 1 atom stereocenters. The maximum absolute atomic E-state index is 13.1. The van der Waals surface area contributed by atoms with Gasteiger partial charge in [-0.2, -0.15) is 0 Å². The molecule has 1 fully saturated rings. The van der Waals surface area contributed by atoms with Crippen molar-refractivity contribution in [2.45, 2.75) is 25.3 Å². The Hall–Kier alpha value is -1.53. The van der Waals surface area contributed by atoms with Gasteiger partial charge in [-0.3, -0.25) is 9.69 Å². The Morgan fingerprint density at radius 2 is 2.00 bits per heavy atom. The minimum absolute atomic E-state index is 0.147. The maximum atomic E-state index is 13.1. The summed E-state index contributed by atoms with van der Waals surface area (Å²) in [4.78, 5) is 14.0. The molecule has 0 saturated carbocycles. The summed E-state index contributed by atoms with van der Waals surface area (Å²) >= 11 is 0.